The van der Waals surface area contributed by atoms with Crippen molar-refractivity contribution in [2.75, 3.05) is 11.9 Å². The second-order valence-electron chi connectivity index (χ2n) is 4.51. The zero-order chi connectivity index (χ0) is 14.5. The van der Waals surface area contributed by atoms with Gasteiger partial charge in [-0.25, -0.2) is 9.07 Å². The minimum atomic E-state index is -0.518. The Hall–Kier alpha value is -2.35. The number of nitrogens with two attached hydrogens (primary N) is 1. The molecule has 0 aliphatic heterocycles. The lowest BCUT2D eigenvalue weighted by Gasteiger charge is -2.11. The lowest BCUT2D eigenvalue weighted by atomic mass is 10.1. The quantitative estimate of drug-likeness (QED) is 0.839. The van der Waals surface area contributed by atoms with Gasteiger partial charge < -0.3 is 11.1 Å². The van der Waals surface area contributed by atoms with Crippen molar-refractivity contribution in [2.24, 2.45) is 11.7 Å². The number of hydrogen-bond acceptors (Lipinski definition) is 5. The average molecular weight is 278 g/mol. The summed E-state index contributed by atoms with van der Waals surface area (Å²) in [6.45, 7) is 2.26. The van der Waals surface area contributed by atoms with Gasteiger partial charge in [0.25, 0.3) is 0 Å². The van der Waals surface area contributed by atoms with Crippen LogP contribution in [0.1, 0.15) is 13.3 Å². The van der Waals surface area contributed by atoms with Crippen molar-refractivity contribution in [1.29, 1.82) is 0 Å². The van der Waals surface area contributed by atoms with Gasteiger partial charge in [-0.2, -0.15) is 0 Å². The third-order valence-electron chi connectivity index (χ3n) is 2.77. The third kappa shape index (κ3) is 3.35. The fraction of sp³-hybridized carbons (Fsp3) is 0.333. The van der Waals surface area contributed by atoms with Crippen LogP contribution in [0.5, 0.6) is 0 Å². The van der Waals surface area contributed by atoms with Gasteiger partial charge in [0.2, 0.25) is 5.91 Å². The molecule has 1 amide bonds. The second kappa shape index (κ2) is 6.20. The first-order chi connectivity index (χ1) is 9.60. The van der Waals surface area contributed by atoms with Crippen LogP contribution >= 0.6 is 0 Å². The molecule has 0 saturated heterocycles. The summed E-state index contributed by atoms with van der Waals surface area (Å²) in [5, 5.41) is 13.2. The highest BCUT2D eigenvalue weighted by molar-refractivity contribution is 5.91. The maximum absolute atomic E-state index is 13.7. The normalized spacial score (nSPS) is 12.2. The molecule has 1 heterocycles. The predicted octanol–water partition coefficient (Wildman–Crippen LogP) is 0.725. The van der Waals surface area contributed by atoms with Gasteiger partial charge in [-0.15, -0.1) is 5.10 Å². The van der Waals surface area contributed by atoms with Crippen molar-refractivity contribution in [3.63, 3.8) is 0 Å². The van der Waals surface area contributed by atoms with Crippen LogP contribution in [0.25, 0.3) is 5.69 Å². The van der Waals surface area contributed by atoms with Crippen LogP contribution in [0.3, 0.4) is 0 Å². The van der Waals surface area contributed by atoms with Crippen LogP contribution in [0.15, 0.2) is 24.5 Å². The van der Waals surface area contributed by atoms with E-state index in [9.17, 15) is 9.18 Å². The van der Waals surface area contributed by atoms with E-state index < -0.39 is 5.82 Å². The number of tetrazole rings is 1. The Kier molecular flexibility index (Phi) is 4.36. The molecule has 20 heavy (non-hydrogen) atoms. The first kappa shape index (κ1) is 14.1. The van der Waals surface area contributed by atoms with Gasteiger partial charge >= 0.3 is 0 Å². The summed E-state index contributed by atoms with van der Waals surface area (Å²) in [7, 11) is 0. The van der Waals surface area contributed by atoms with Gasteiger partial charge in [0.1, 0.15) is 12.1 Å². The molecule has 1 atom stereocenters. The fourth-order valence-electron chi connectivity index (χ4n) is 1.63. The van der Waals surface area contributed by atoms with Crippen LogP contribution in [0, 0.1) is 11.7 Å². The number of nitrogens with one attached hydrogen (secondary N) is 1. The molecule has 0 fully saturated rings. The number of hydrogen-bond donors (Lipinski definition) is 2. The van der Waals surface area contributed by atoms with Crippen LogP contribution in [0.2, 0.25) is 0 Å². The molecule has 1 unspecified atom stereocenters. The molecule has 0 aliphatic rings. The molecular weight excluding hydrogens is 263 g/mol. The van der Waals surface area contributed by atoms with Gasteiger partial charge in [-0.3, -0.25) is 4.79 Å². The highest BCUT2D eigenvalue weighted by atomic mass is 19.1. The Labute approximate surface area is 115 Å². The Morgan fingerprint density at radius 3 is 3.00 bits per heavy atom. The number of halogens is 1. The summed E-state index contributed by atoms with van der Waals surface area (Å²) in [6.07, 6.45) is 1.63. The molecule has 2 rings (SSSR count). The van der Waals surface area contributed by atoms with E-state index >= 15 is 0 Å². The minimum absolute atomic E-state index is 0.0424. The molecule has 8 heteroatoms. The van der Waals surface area contributed by atoms with Crippen molar-refractivity contribution >= 4 is 11.6 Å². The number of nitrogens with zero attached hydrogens (tertiary/aromatic N) is 4. The highest BCUT2D eigenvalue weighted by Crippen LogP contribution is 2.18. The molecule has 1 aromatic carbocycles. The minimum Gasteiger partial charge on any atom is -0.330 e. The maximum atomic E-state index is 13.7. The highest BCUT2D eigenvalue weighted by Gasteiger charge is 2.11. The molecule has 0 bridgehead atoms. The standard InChI is InChI=1S/C12H15FN6O/c1-8(6-14)4-12(20)16-11-5-9(2-3-10(11)13)19-7-15-17-18-19/h2-3,5,7-8H,4,6,14H2,1H3,(H,16,20). The number of amides is 1. The molecule has 0 spiro atoms. The van der Waals surface area contributed by atoms with E-state index in [1.807, 2.05) is 6.92 Å². The number of aromatic nitrogens is 4. The number of anilines is 1. The van der Waals surface area contributed by atoms with Gasteiger partial charge in [0.15, 0.2) is 0 Å². The van der Waals surface area contributed by atoms with Gasteiger partial charge in [0.05, 0.1) is 11.4 Å². The van der Waals surface area contributed by atoms with Crippen molar-refractivity contribution in [3.8, 4) is 5.69 Å². The SMILES string of the molecule is CC(CN)CC(=O)Nc1cc(-n2cnnn2)ccc1F. The van der Waals surface area contributed by atoms with Gasteiger partial charge in [-0.05, 0) is 41.1 Å². The van der Waals surface area contributed by atoms with E-state index in [1.54, 1.807) is 0 Å². The van der Waals surface area contributed by atoms with Crippen LogP contribution in [-0.2, 0) is 4.79 Å². The largest absolute Gasteiger partial charge is 0.330 e. The van der Waals surface area contributed by atoms with Crippen LogP contribution < -0.4 is 11.1 Å². The Balaban J connectivity index is 2.15. The molecule has 7 nitrogen and oxygen atoms in total. The van der Waals surface area contributed by atoms with Crippen molar-refractivity contribution < 1.29 is 9.18 Å². The summed E-state index contributed by atoms with van der Waals surface area (Å²) in [4.78, 5) is 11.8. The van der Waals surface area contributed by atoms with Crippen LogP contribution in [-0.4, -0.2) is 32.7 Å². The van der Waals surface area contributed by atoms with Crippen molar-refractivity contribution in [1.82, 2.24) is 20.2 Å². The maximum Gasteiger partial charge on any atom is 0.224 e. The molecule has 0 saturated carbocycles. The van der Waals surface area contributed by atoms with E-state index in [1.165, 1.54) is 29.2 Å². The third-order valence-corrected chi connectivity index (χ3v) is 2.77. The Morgan fingerprint density at radius 2 is 2.35 bits per heavy atom. The summed E-state index contributed by atoms with van der Waals surface area (Å²) in [5.41, 5.74) is 6.10. The number of rotatable bonds is 5. The topological polar surface area (TPSA) is 98.7 Å². The number of benzene rings is 1. The predicted molar refractivity (Wildman–Crippen MR) is 70.6 cm³/mol. The van der Waals surface area contributed by atoms with Gasteiger partial charge in [-0.1, -0.05) is 6.92 Å². The van der Waals surface area contributed by atoms with Crippen LogP contribution in [0.4, 0.5) is 10.1 Å². The monoisotopic (exact) mass is 278 g/mol. The molecule has 0 aliphatic carbocycles. The summed E-state index contributed by atoms with van der Waals surface area (Å²) >= 11 is 0. The molecule has 3 N–H and O–H groups in total. The number of carbonyl (C=O) groups excluding carboxylic acids is 1. The first-order valence-corrected chi connectivity index (χ1v) is 6.13. The molecule has 0 radical (unpaired) electrons. The van der Waals surface area contributed by atoms with Gasteiger partial charge in [0, 0.05) is 6.42 Å². The lowest BCUT2D eigenvalue weighted by Crippen LogP contribution is -2.20. The summed E-state index contributed by atoms with van der Waals surface area (Å²) in [5.74, 6) is -0.757. The zero-order valence-electron chi connectivity index (χ0n) is 11.0. The van der Waals surface area contributed by atoms with E-state index in [0.29, 0.717) is 12.2 Å². The molecule has 1 aromatic heterocycles. The molecule has 2 aromatic rings. The average Bonchev–Trinajstić information content (AvgIpc) is 2.95. The van der Waals surface area contributed by atoms with Crippen molar-refractivity contribution in [2.45, 2.75) is 13.3 Å². The Bertz CT molecular complexity index is 586. The zero-order valence-corrected chi connectivity index (χ0v) is 11.0. The fourth-order valence-corrected chi connectivity index (χ4v) is 1.63. The summed E-state index contributed by atoms with van der Waals surface area (Å²) in [6, 6.07) is 4.24. The van der Waals surface area contributed by atoms with E-state index in [-0.39, 0.29) is 23.9 Å². The lowest BCUT2D eigenvalue weighted by molar-refractivity contribution is -0.116. The summed E-state index contributed by atoms with van der Waals surface area (Å²) < 4.78 is 15.1. The van der Waals surface area contributed by atoms with E-state index in [4.69, 9.17) is 5.73 Å². The Morgan fingerprint density at radius 1 is 1.55 bits per heavy atom. The molecular formula is C12H15FN6O. The smallest absolute Gasteiger partial charge is 0.224 e. The van der Waals surface area contributed by atoms with Crippen molar-refractivity contribution in [3.05, 3.63) is 30.3 Å². The second-order valence-corrected chi connectivity index (χ2v) is 4.51. The molecule has 106 valence electrons. The first-order valence-electron chi connectivity index (χ1n) is 6.13. The number of carbonyl (C=O) groups is 1. The van der Waals surface area contributed by atoms with E-state index in [2.05, 4.69) is 20.8 Å². The van der Waals surface area contributed by atoms with E-state index in [0.717, 1.165) is 0 Å².